The summed E-state index contributed by atoms with van der Waals surface area (Å²) >= 11 is 0. The van der Waals surface area contributed by atoms with E-state index in [1.807, 2.05) is 0 Å². The van der Waals surface area contributed by atoms with E-state index in [1.54, 1.807) is 0 Å². The van der Waals surface area contributed by atoms with Gasteiger partial charge in [-0.3, -0.25) is 0 Å². The quantitative estimate of drug-likeness (QED) is 0.707. The third-order valence-electron chi connectivity index (χ3n) is 5.57. The lowest BCUT2D eigenvalue weighted by atomic mass is 9.58. The fourth-order valence-electron chi connectivity index (χ4n) is 4.20. The van der Waals surface area contributed by atoms with Crippen LogP contribution < -0.4 is 11.1 Å². The predicted octanol–water partition coefficient (Wildman–Crippen LogP) is 2.04. The highest BCUT2D eigenvalue weighted by atomic mass is 16.3. The number of piperidine rings is 1. The number of nitrogens with two attached hydrogens (primary N) is 1. The molecule has 2 rings (SSSR count). The average Bonchev–Trinajstić information content (AvgIpc) is 2.33. The zero-order valence-corrected chi connectivity index (χ0v) is 11.9. The van der Waals surface area contributed by atoms with Crippen molar-refractivity contribution in [2.24, 2.45) is 17.1 Å². The van der Waals surface area contributed by atoms with Gasteiger partial charge in [0.1, 0.15) is 0 Å². The van der Waals surface area contributed by atoms with E-state index >= 15 is 0 Å². The van der Waals surface area contributed by atoms with Gasteiger partial charge in [0, 0.05) is 18.5 Å². The molecular weight excluding hydrogens is 224 g/mol. The van der Waals surface area contributed by atoms with E-state index in [4.69, 9.17) is 5.73 Å². The van der Waals surface area contributed by atoms with Gasteiger partial charge in [0.2, 0.25) is 0 Å². The lowest BCUT2D eigenvalue weighted by Crippen LogP contribution is -2.62. The Morgan fingerprint density at radius 3 is 2.28 bits per heavy atom. The summed E-state index contributed by atoms with van der Waals surface area (Å²) in [6, 6.07) is 0. The number of aliphatic hydroxyl groups is 1. The number of hydrogen-bond acceptors (Lipinski definition) is 3. The molecule has 3 heteroatoms. The van der Waals surface area contributed by atoms with Crippen molar-refractivity contribution in [2.45, 2.75) is 63.9 Å². The van der Waals surface area contributed by atoms with Gasteiger partial charge in [0.25, 0.3) is 0 Å². The summed E-state index contributed by atoms with van der Waals surface area (Å²) in [5, 5.41) is 14.7. The second-order valence-electron chi connectivity index (χ2n) is 6.53. The summed E-state index contributed by atoms with van der Waals surface area (Å²) in [5.41, 5.74) is 5.57. The van der Waals surface area contributed by atoms with Crippen molar-refractivity contribution in [1.82, 2.24) is 5.32 Å². The molecule has 2 unspecified atom stereocenters. The van der Waals surface area contributed by atoms with E-state index in [1.165, 1.54) is 32.1 Å². The number of nitrogens with one attached hydrogen (secondary N) is 1. The molecule has 1 saturated carbocycles. The van der Waals surface area contributed by atoms with Crippen LogP contribution in [0.4, 0.5) is 0 Å². The highest BCUT2D eigenvalue weighted by Crippen LogP contribution is 2.48. The Morgan fingerprint density at radius 2 is 1.72 bits per heavy atom. The van der Waals surface area contributed by atoms with Gasteiger partial charge in [-0.05, 0) is 31.7 Å². The average molecular weight is 254 g/mol. The minimum Gasteiger partial charge on any atom is -0.389 e. The summed E-state index contributed by atoms with van der Waals surface area (Å²) in [6.07, 6.45) is 9.55. The van der Waals surface area contributed by atoms with E-state index in [0.29, 0.717) is 12.5 Å². The maximum absolute atomic E-state index is 11.3. The molecule has 0 bridgehead atoms. The van der Waals surface area contributed by atoms with Crippen LogP contribution in [0.15, 0.2) is 0 Å². The van der Waals surface area contributed by atoms with Crippen LogP contribution in [0.5, 0.6) is 0 Å². The Kier molecular flexibility index (Phi) is 4.68. The molecule has 0 aromatic carbocycles. The van der Waals surface area contributed by atoms with Crippen molar-refractivity contribution < 1.29 is 5.11 Å². The van der Waals surface area contributed by atoms with Crippen molar-refractivity contribution in [3.8, 4) is 0 Å². The smallest absolute Gasteiger partial charge is 0.0765 e. The van der Waals surface area contributed by atoms with Crippen LogP contribution in [0, 0.1) is 11.3 Å². The molecule has 2 aliphatic rings. The Balaban J connectivity index is 2.21. The fraction of sp³-hybridized carbons (Fsp3) is 1.00. The second kappa shape index (κ2) is 5.89. The number of hydrogen-bond donors (Lipinski definition) is 3. The lowest BCUT2D eigenvalue weighted by Gasteiger charge is -2.53. The molecule has 0 amide bonds. The van der Waals surface area contributed by atoms with E-state index in [2.05, 4.69) is 12.2 Å². The molecule has 4 N–H and O–H groups in total. The summed E-state index contributed by atoms with van der Waals surface area (Å²) in [6.45, 7) is 4.69. The minimum absolute atomic E-state index is 0.0328. The van der Waals surface area contributed by atoms with Crippen LogP contribution >= 0.6 is 0 Å². The van der Waals surface area contributed by atoms with Crippen LogP contribution in [-0.2, 0) is 0 Å². The van der Waals surface area contributed by atoms with Gasteiger partial charge in [0.15, 0.2) is 0 Å². The molecule has 3 nitrogen and oxygen atoms in total. The largest absolute Gasteiger partial charge is 0.389 e. The molecular formula is C15H30N2O. The van der Waals surface area contributed by atoms with Gasteiger partial charge in [-0.25, -0.2) is 0 Å². The van der Waals surface area contributed by atoms with E-state index in [9.17, 15) is 5.11 Å². The van der Waals surface area contributed by atoms with Crippen LogP contribution in [0.3, 0.4) is 0 Å². The molecule has 0 aromatic heterocycles. The van der Waals surface area contributed by atoms with Gasteiger partial charge < -0.3 is 16.2 Å². The van der Waals surface area contributed by atoms with Crippen molar-refractivity contribution >= 4 is 0 Å². The van der Waals surface area contributed by atoms with E-state index in [-0.39, 0.29) is 5.41 Å². The van der Waals surface area contributed by atoms with E-state index in [0.717, 1.165) is 32.4 Å². The zero-order chi connectivity index (χ0) is 13.1. The topological polar surface area (TPSA) is 58.3 Å². The van der Waals surface area contributed by atoms with E-state index < -0.39 is 5.60 Å². The summed E-state index contributed by atoms with van der Waals surface area (Å²) in [4.78, 5) is 0. The first-order valence-corrected chi connectivity index (χ1v) is 7.78. The minimum atomic E-state index is -0.551. The Hall–Kier alpha value is -0.120. The van der Waals surface area contributed by atoms with Crippen molar-refractivity contribution in [2.75, 3.05) is 19.6 Å². The number of rotatable bonds is 2. The molecule has 2 atom stereocenters. The molecule has 0 spiro atoms. The summed E-state index contributed by atoms with van der Waals surface area (Å²) in [7, 11) is 0. The first kappa shape index (κ1) is 14.3. The zero-order valence-electron chi connectivity index (χ0n) is 11.9. The van der Waals surface area contributed by atoms with Crippen LogP contribution in [-0.4, -0.2) is 30.3 Å². The highest BCUT2D eigenvalue weighted by molar-refractivity contribution is 5.05. The predicted molar refractivity (Wildman–Crippen MR) is 75.4 cm³/mol. The van der Waals surface area contributed by atoms with Crippen LogP contribution in [0.2, 0.25) is 0 Å². The van der Waals surface area contributed by atoms with Crippen molar-refractivity contribution in [3.63, 3.8) is 0 Å². The molecule has 1 saturated heterocycles. The normalized spacial score (nSPS) is 37.8. The van der Waals surface area contributed by atoms with Crippen LogP contribution in [0.25, 0.3) is 0 Å². The molecule has 1 aliphatic carbocycles. The summed E-state index contributed by atoms with van der Waals surface area (Å²) in [5.74, 6) is 0.314. The van der Waals surface area contributed by atoms with Gasteiger partial charge in [-0.1, -0.05) is 39.0 Å². The van der Waals surface area contributed by atoms with Gasteiger partial charge >= 0.3 is 0 Å². The first-order valence-electron chi connectivity index (χ1n) is 7.78. The molecule has 2 fully saturated rings. The molecule has 106 valence electrons. The third-order valence-corrected chi connectivity index (χ3v) is 5.57. The highest BCUT2D eigenvalue weighted by Gasteiger charge is 2.52. The van der Waals surface area contributed by atoms with Crippen LogP contribution in [0.1, 0.15) is 58.3 Å². The maximum Gasteiger partial charge on any atom is 0.0765 e. The Labute approximate surface area is 112 Å². The monoisotopic (exact) mass is 254 g/mol. The maximum atomic E-state index is 11.3. The molecule has 1 heterocycles. The standard InChI is InChI=1S/C15H30N2O/c1-13-11-17-10-9-15(13,18)14(12-16)7-5-3-2-4-6-8-14/h13,17-18H,2-12,16H2,1H3. The molecule has 0 aromatic rings. The van der Waals surface area contributed by atoms with Crippen molar-refractivity contribution in [1.29, 1.82) is 0 Å². The fourth-order valence-corrected chi connectivity index (χ4v) is 4.20. The lowest BCUT2D eigenvalue weighted by molar-refractivity contribution is -0.144. The summed E-state index contributed by atoms with van der Waals surface area (Å²) < 4.78 is 0. The SMILES string of the molecule is CC1CNCCC1(O)C1(CN)CCCCCCC1. The molecule has 0 radical (unpaired) electrons. The Morgan fingerprint density at radius 1 is 1.11 bits per heavy atom. The molecule has 18 heavy (non-hydrogen) atoms. The first-order chi connectivity index (χ1) is 8.65. The Bertz CT molecular complexity index is 261. The second-order valence-corrected chi connectivity index (χ2v) is 6.53. The molecule has 1 aliphatic heterocycles. The van der Waals surface area contributed by atoms with Gasteiger partial charge in [-0.2, -0.15) is 0 Å². The third kappa shape index (κ3) is 2.45. The van der Waals surface area contributed by atoms with Gasteiger partial charge in [-0.15, -0.1) is 0 Å². The van der Waals surface area contributed by atoms with Crippen molar-refractivity contribution in [3.05, 3.63) is 0 Å². The van der Waals surface area contributed by atoms with Gasteiger partial charge in [0.05, 0.1) is 5.60 Å².